The maximum atomic E-state index is 13.2. The van der Waals surface area contributed by atoms with E-state index in [4.69, 9.17) is 14.5 Å². The van der Waals surface area contributed by atoms with Gasteiger partial charge in [-0.25, -0.2) is 14.8 Å². The van der Waals surface area contributed by atoms with E-state index in [1.165, 1.54) is 23.2 Å². The molecule has 10 nitrogen and oxygen atoms in total. The fourth-order valence-electron chi connectivity index (χ4n) is 6.25. The van der Waals surface area contributed by atoms with Crippen LogP contribution in [0.1, 0.15) is 75.1 Å². The van der Waals surface area contributed by atoms with E-state index in [2.05, 4.69) is 51.0 Å². The monoisotopic (exact) mass is 628 g/mol. The fourth-order valence-corrected chi connectivity index (χ4v) is 6.25. The second kappa shape index (κ2) is 14.8. The zero-order chi connectivity index (χ0) is 32.7. The second-order valence-corrected chi connectivity index (χ2v) is 13.1. The van der Waals surface area contributed by atoms with Gasteiger partial charge in [-0.2, -0.15) is 0 Å². The Hall–Kier alpha value is -4.34. The lowest BCUT2D eigenvalue weighted by atomic mass is 9.87. The Morgan fingerprint density at radius 2 is 1.85 bits per heavy atom. The van der Waals surface area contributed by atoms with Gasteiger partial charge in [0.15, 0.2) is 0 Å². The molecule has 5 rings (SSSR count). The van der Waals surface area contributed by atoms with E-state index in [-0.39, 0.29) is 18.9 Å². The van der Waals surface area contributed by atoms with E-state index < -0.39 is 17.6 Å². The molecule has 1 atom stereocenters. The Kier molecular flexibility index (Phi) is 10.7. The molecule has 246 valence electrons. The third-order valence-corrected chi connectivity index (χ3v) is 8.64. The largest absolute Gasteiger partial charge is 0.497 e. The number of methoxy groups -OCH3 is 1. The lowest BCUT2D eigenvalue weighted by Crippen LogP contribution is -2.48. The average molecular weight is 629 g/mol. The Labute approximate surface area is 272 Å². The molecule has 10 heteroatoms. The predicted octanol–water partition coefficient (Wildman–Crippen LogP) is 5.27. The molecule has 0 aliphatic carbocycles. The number of aryl methyl sites for hydroxylation is 1. The molecule has 0 spiro atoms. The number of carbonyl (C=O) groups is 2. The molecule has 2 aromatic carbocycles. The lowest BCUT2D eigenvalue weighted by Gasteiger charge is -2.34. The van der Waals surface area contributed by atoms with Gasteiger partial charge >= 0.3 is 5.97 Å². The summed E-state index contributed by atoms with van der Waals surface area (Å²) in [5.41, 5.74) is 5.24. The Morgan fingerprint density at radius 1 is 1.09 bits per heavy atom. The van der Waals surface area contributed by atoms with Crippen LogP contribution in [-0.4, -0.2) is 66.8 Å². The molecular formula is C36H48N6O4. The number of amides is 1. The SMILES string of the molecule is CCc1c(NC[C@H](NC(=O)Cc2ccc(OC)cc2)C(=O)OC(C)(C)C)ncnc1N1CCC(c2ccc3c(c2)NCCC3)CC1. The fraction of sp³-hybridized carbons (Fsp3) is 0.500. The molecule has 0 radical (unpaired) electrons. The van der Waals surface area contributed by atoms with Gasteiger partial charge in [0.25, 0.3) is 0 Å². The van der Waals surface area contributed by atoms with Gasteiger partial charge in [0.2, 0.25) is 5.91 Å². The number of benzene rings is 2. The zero-order valence-corrected chi connectivity index (χ0v) is 27.8. The highest BCUT2D eigenvalue weighted by molar-refractivity contribution is 5.86. The molecule has 1 aromatic heterocycles. The summed E-state index contributed by atoms with van der Waals surface area (Å²) in [6.45, 7) is 10.5. The van der Waals surface area contributed by atoms with Gasteiger partial charge in [-0.3, -0.25) is 4.79 Å². The summed E-state index contributed by atoms with van der Waals surface area (Å²) in [7, 11) is 1.60. The van der Waals surface area contributed by atoms with Gasteiger partial charge in [0.1, 0.15) is 35.4 Å². The van der Waals surface area contributed by atoms with Gasteiger partial charge in [-0.1, -0.05) is 31.2 Å². The average Bonchev–Trinajstić information content (AvgIpc) is 3.05. The van der Waals surface area contributed by atoms with Gasteiger partial charge in [0, 0.05) is 37.4 Å². The third kappa shape index (κ3) is 8.47. The van der Waals surface area contributed by atoms with Crippen LogP contribution in [0.4, 0.5) is 17.3 Å². The highest BCUT2D eigenvalue weighted by Crippen LogP contribution is 2.35. The molecule has 0 bridgehead atoms. The lowest BCUT2D eigenvalue weighted by molar-refractivity contribution is -0.158. The van der Waals surface area contributed by atoms with E-state index in [0.717, 1.165) is 62.3 Å². The van der Waals surface area contributed by atoms with Crippen LogP contribution >= 0.6 is 0 Å². The van der Waals surface area contributed by atoms with Crippen LogP contribution in [0.3, 0.4) is 0 Å². The Morgan fingerprint density at radius 3 is 2.54 bits per heavy atom. The molecule has 0 saturated carbocycles. The first-order chi connectivity index (χ1) is 22.1. The van der Waals surface area contributed by atoms with Crippen LogP contribution in [0.15, 0.2) is 48.8 Å². The zero-order valence-electron chi connectivity index (χ0n) is 27.8. The number of hydrogen-bond acceptors (Lipinski definition) is 9. The first-order valence-electron chi connectivity index (χ1n) is 16.5. The third-order valence-electron chi connectivity index (χ3n) is 8.64. The van der Waals surface area contributed by atoms with Gasteiger partial charge in [-0.15, -0.1) is 0 Å². The van der Waals surface area contributed by atoms with Gasteiger partial charge in [0.05, 0.1) is 13.5 Å². The van der Waals surface area contributed by atoms with Gasteiger partial charge in [-0.05, 0) is 93.7 Å². The Bertz CT molecular complexity index is 1500. The van der Waals surface area contributed by atoms with Crippen LogP contribution in [0.2, 0.25) is 0 Å². The number of ether oxygens (including phenoxy) is 2. The van der Waals surface area contributed by atoms with Crippen molar-refractivity contribution < 1.29 is 19.1 Å². The number of aromatic nitrogens is 2. The van der Waals surface area contributed by atoms with Crippen LogP contribution in [0, 0.1) is 0 Å². The first-order valence-corrected chi connectivity index (χ1v) is 16.5. The van der Waals surface area contributed by atoms with Crippen molar-refractivity contribution in [1.29, 1.82) is 0 Å². The standard InChI is InChI=1S/C36H48N6O4/c1-6-29-33(38-22-31(35(44)46-36(2,3)4)41-32(43)20-24-9-13-28(45-5)14-10-24)39-23-40-34(29)42-18-15-25(16-19-42)27-12-11-26-8-7-17-37-30(26)21-27/h9-14,21,23,25,31,37H,6-8,15-20,22H2,1-5H3,(H,41,43)(H,38,39,40)/t31-/m0/s1. The van der Waals surface area contributed by atoms with Gasteiger partial charge < -0.3 is 30.3 Å². The van der Waals surface area contributed by atoms with E-state index >= 15 is 0 Å². The minimum atomic E-state index is -0.907. The highest BCUT2D eigenvalue weighted by atomic mass is 16.6. The summed E-state index contributed by atoms with van der Waals surface area (Å²) in [6, 6.07) is 13.3. The number of fused-ring (bicyclic) bond motifs is 1. The Balaban J connectivity index is 1.24. The number of esters is 1. The van der Waals surface area contributed by atoms with Crippen LogP contribution in [0.25, 0.3) is 0 Å². The van der Waals surface area contributed by atoms with Crippen molar-refractivity contribution >= 4 is 29.2 Å². The summed E-state index contributed by atoms with van der Waals surface area (Å²) < 4.78 is 10.9. The van der Waals surface area contributed by atoms with Crippen molar-refractivity contribution in [1.82, 2.24) is 15.3 Å². The topological polar surface area (TPSA) is 118 Å². The predicted molar refractivity (Wildman–Crippen MR) is 182 cm³/mol. The number of hydrogen-bond donors (Lipinski definition) is 3. The van der Waals surface area contributed by atoms with E-state index in [9.17, 15) is 9.59 Å². The summed E-state index contributed by atoms with van der Waals surface area (Å²) in [6.07, 6.45) is 6.86. The van der Waals surface area contributed by atoms with Crippen molar-refractivity contribution in [2.24, 2.45) is 0 Å². The number of piperidine rings is 1. The molecule has 2 aliphatic heterocycles. The maximum Gasteiger partial charge on any atom is 0.331 e. The number of carbonyl (C=O) groups excluding carboxylic acids is 2. The minimum absolute atomic E-state index is 0.124. The molecule has 3 aromatic rings. The summed E-state index contributed by atoms with van der Waals surface area (Å²) in [4.78, 5) is 37.8. The van der Waals surface area contributed by atoms with Crippen molar-refractivity contribution in [3.8, 4) is 5.75 Å². The number of nitrogens with one attached hydrogen (secondary N) is 3. The molecule has 0 unspecified atom stereocenters. The number of anilines is 3. The van der Waals surface area contributed by atoms with Crippen molar-refractivity contribution in [3.05, 3.63) is 71.0 Å². The summed E-state index contributed by atoms with van der Waals surface area (Å²) >= 11 is 0. The van der Waals surface area contributed by atoms with Crippen LogP contribution in [0.5, 0.6) is 5.75 Å². The summed E-state index contributed by atoms with van der Waals surface area (Å²) in [5.74, 6) is 2.03. The molecule has 1 saturated heterocycles. The number of nitrogens with zero attached hydrogens (tertiary/aromatic N) is 3. The second-order valence-electron chi connectivity index (χ2n) is 13.1. The number of rotatable bonds is 11. The molecule has 3 heterocycles. The summed E-state index contributed by atoms with van der Waals surface area (Å²) in [5, 5.41) is 9.79. The highest BCUT2D eigenvalue weighted by Gasteiger charge is 2.29. The van der Waals surface area contributed by atoms with E-state index in [1.807, 2.05) is 45.0 Å². The van der Waals surface area contributed by atoms with E-state index in [1.54, 1.807) is 13.4 Å². The quantitative estimate of drug-likeness (QED) is 0.244. The molecular weight excluding hydrogens is 580 g/mol. The smallest absolute Gasteiger partial charge is 0.331 e. The molecule has 2 aliphatic rings. The molecule has 3 N–H and O–H groups in total. The van der Waals surface area contributed by atoms with Crippen molar-refractivity contribution in [2.75, 3.05) is 48.8 Å². The molecule has 1 amide bonds. The maximum absolute atomic E-state index is 13.2. The van der Waals surface area contributed by atoms with Crippen LogP contribution in [-0.2, 0) is 33.6 Å². The first kappa shape index (κ1) is 33.0. The van der Waals surface area contributed by atoms with Crippen molar-refractivity contribution in [2.45, 2.75) is 83.8 Å². The molecule has 46 heavy (non-hydrogen) atoms. The normalized spacial score (nSPS) is 15.7. The van der Waals surface area contributed by atoms with Crippen LogP contribution < -0.4 is 25.6 Å². The molecule has 1 fully saturated rings. The minimum Gasteiger partial charge on any atom is -0.497 e. The van der Waals surface area contributed by atoms with Crippen molar-refractivity contribution in [3.63, 3.8) is 0 Å². The van der Waals surface area contributed by atoms with E-state index in [0.29, 0.717) is 17.5 Å².